The lowest BCUT2D eigenvalue weighted by atomic mass is 9.81. The third-order valence-corrected chi connectivity index (χ3v) is 4.43. The van der Waals surface area contributed by atoms with Gasteiger partial charge < -0.3 is 15.0 Å². The summed E-state index contributed by atoms with van der Waals surface area (Å²) >= 11 is 0. The molecule has 0 bridgehead atoms. The largest absolute Gasteiger partial charge is 0.444 e. The number of ether oxygens (including phenoxy) is 1. The molecule has 1 N–H and O–H groups in total. The lowest BCUT2D eigenvalue weighted by molar-refractivity contribution is 0.0250. The molecule has 1 amide bonds. The van der Waals surface area contributed by atoms with Gasteiger partial charge in [0, 0.05) is 30.7 Å². The van der Waals surface area contributed by atoms with Crippen molar-refractivity contribution >= 4 is 11.8 Å². The smallest absolute Gasteiger partial charge is 0.410 e. The van der Waals surface area contributed by atoms with Crippen LogP contribution in [0, 0.1) is 11.3 Å². The van der Waals surface area contributed by atoms with E-state index in [4.69, 9.17) is 10.00 Å². The molecule has 0 radical (unpaired) electrons. The molecule has 2 rings (SSSR count). The minimum Gasteiger partial charge on any atom is -0.444 e. The van der Waals surface area contributed by atoms with Crippen LogP contribution < -0.4 is 5.32 Å². The first-order valence-corrected chi connectivity index (χ1v) is 8.45. The molecule has 1 aliphatic rings. The summed E-state index contributed by atoms with van der Waals surface area (Å²) in [5.41, 5.74) is 2.36. The van der Waals surface area contributed by atoms with Crippen LogP contribution in [0.5, 0.6) is 0 Å². The summed E-state index contributed by atoms with van der Waals surface area (Å²) in [6, 6.07) is 7.95. The minimum absolute atomic E-state index is 0.0568. The van der Waals surface area contributed by atoms with Crippen molar-refractivity contribution in [3.8, 4) is 6.07 Å². The van der Waals surface area contributed by atoms with Crippen molar-refractivity contribution in [3.05, 3.63) is 29.3 Å². The van der Waals surface area contributed by atoms with Crippen LogP contribution in [-0.4, -0.2) is 36.2 Å². The first-order chi connectivity index (χ1) is 11.2. The maximum atomic E-state index is 12.3. The van der Waals surface area contributed by atoms with E-state index in [0.717, 1.165) is 18.7 Å². The van der Waals surface area contributed by atoms with E-state index in [-0.39, 0.29) is 11.5 Å². The number of hydrogen-bond acceptors (Lipinski definition) is 4. The number of hydrogen-bond donors (Lipinski definition) is 1. The van der Waals surface area contributed by atoms with Crippen LogP contribution in [0.4, 0.5) is 10.5 Å². The molecule has 0 fully saturated rings. The summed E-state index contributed by atoms with van der Waals surface area (Å²) in [4.78, 5) is 14.0. The summed E-state index contributed by atoms with van der Waals surface area (Å²) in [7, 11) is 0. The Balaban J connectivity index is 2.07. The van der Waals surface area contributed by atoms with Gasteiger partial charge in [-0.25, -0.2) is 4.79 Å². The molecule has 1 atom stereocenters. The van der Waals surface area contributed by atoms with E-state index < -0.39 is 5.60 Å². The molecule has 1 unspecified atom stereocenters. The Morgan fingerprint density at radius 3 is 2.75 bits per heavy atom. The van der Waals surface area contributed by atoms with E-state index in [1.54, 1.807) is 4.90 Å². The van der Waals surface area contributed by atoms with Crippen LogP contribution in [0.1, 0.15) is 52.2 Å². The Kier molecular flexibility index (Phi) is 5.08. The van der Waals surface area contributed by atoms with Gasteiger partial charge in [0.05, 0.1) is 11.6 Å². The zero-order chi connectivity index (χ0) is 18.0. The Morgan fingerprint density at radius 1 is 1.46 bits per heavy atom. The normalized spacial score (nSPS) is 19.2. The van der Waals surface area contributed by atoms with Crippen LogP contribution in [0.3, 0.4) is 0 Å². The number of benzene rings is 1. The number of nitrogens with zero attached hydrogens (tertiary/aromatic N) is 2. The molecular weight excluding hydrogens is 302 g/mol. The van der Waals surface area contributed by atoms with Gasteiger partial charge in [0.1, 0.15) is 5.60 Å². The first-order valence-electron chi connectivity index (χ1n) is 8.45. The number of nitriles is 1. The van der Waals surface area contributed by atoms with Crippen molar-refractivity contribution in [2.45, 2.75) is 52.1 Å². The molecular formula is C19H27N3O2. The van der Waals surface area contributed by atoms with Gasteiger partial charge in [-0.15, -0.1) is 0 Å². The molecule has 5 nitrogen and oxygen atoms in total. The predicted molar refractivity (Wildman–Crippen MR) is 95.1 cm³/mol. The Bertz CT molecular complexity index is 658. The lowest BCUT2D eigenvalue weighted by Crippen LogP contribution is -2.39. The predicted octanol–water partition coefficient (Wildman–Crippen LogP) is 3.89. The monoisotopic (exact) mass is 329 g/mol. The first kappa shape index (κ1) is 18.1. The number of anilines is 1. The van der Waals surface area contributed by atoms with Crippen molar-refractivity contribution in [2.75, 3.05) is 25.0 Å². The molecule has 1 aliphatic heterocycles. The third kappa shape index (κ3) is 4.00. The second kappa shape index (κ2) is 6.72. The molecule has 0 aliphatic carbocycles. The fraction of sp³-hybridized carbons (Fsp3) is 0.579. The SMILES string of the molecule is CCN(CCC1(C)CNc2cc(C#N)ccc21)C(=O)OC(C)(C)C. The fourth-order valence-corrected chi connectivity index (χ4v) is 2.98. The van der Waals surface area contributed by atoms with E-state index in [1.165, 1.54) is 5.56 Å². The van der Waals surface area contributed by atoms with Crippen LogP contribution in [0.2, 0.25) is 0 Å². The average molecular weight is 329 g/mol. The van der Waals surface area contributed by atoms with E-state index in [0.29, 0.717) is 18.7 Å². The molecule has 1 aromatic rings. The van der Waals surface area contributed by atoms with Gasteiger partial charge in [0.15, 0.2) is 0 Å². The number of carbonyl (C=O) groups is 1. The Labute approximate surface area is 144 Å². The molecule has 5 heteroatoms. The minimum atomic E-state index is -0.483. The quantitative estimate of drug-likeness (QED) is 0.910. The van der Waals surface area contributed by atoms with Crippen molar-refractivity contribution in [1.82, 2.24) is 4.90 Å². The maximum absolute atomic E-state index is 12.3. The van der Waals surface area contributed by atoms with Crippen molar-refractivity contribution in [1.29, 1.82) is 5.26 Å². The summed E-state index contributed by atoms with van der Waals surface area (Å²) in [6.45, 7) is 11.9. The Hall–Kier alpha value is -2.22. The Morgan fingerprint density at radius 2 is 2.17 bits per heavy atom. The molecule has 130 valence electrons. The fourth-order valence-electron chi connectivity index (χ4n) is 2.98. The molecule has 1 heterocycles. The number of amides is 1. The third-order valence-electron chi connectivity index (χ3n) is 4.43. The zero-order valence-electron chi connectivity index (χ0n) is 15.3. The van der Waals surface area contributed by atoms with E-state index in [2.05, 4.69) is 18.3 Å². The molecule has 1 aromatic carbocycles. The van der Waals surface area contributed by atoms with Crippen LogP contribution in [0.15, 0.2) is 18.2 Å². The van der Waals surface area contributed by atoms with E-state index in [1.807, 2.05) is 45.9 Å². The molecule has 0 saturated carbocycles. The number of nitrogens with one attached hydrogen (secondary N) is 1. The van der Waals surface area contributed by atoms with Gasteiger partial charge in [-0.1, -0.05) is 13.0 Å². The highest BCUT2D eigenvalue weighted by atomic mass is 16.6. The highest BCUT2D eigenvalue weighted by Crippen LogP contribution is 2.39. The van der Waals surface area contributed by atoms with Gasteiger partial charge in [-0.2, -0.15) is 5.26 Å². The standard InChI is InChI=1S/C19H27N3O2/c1-6-22(17(23)24-18(2,3)4)10-9-19(5)13-21-16-11-14(12-20)7-8-15(16)19/h7-8,11,21H,6,9-10,13H2,1-5H3. The summed E-state index contributed by atoms with van der Waals surface area (Å²) < 4.78 is 5.47. The van der Waals surface area contributed by atoms with E-state index in [9.17, 15) is 4.79 Å². The maximum Gasteiger partial charge on any atom is 0.410 e. The molecule has 0 spiro atoms. The van der Waals surface area contributed by atoms with Crippen LogP contribution in [-0.2, 0) is 10.2 Å². The highest BCUT2D eigenvalue weighted by molar-refractivity contribution is 5.68. The molecule has 0 aromatic heterocycles. The van der Waals surface area contributed by atoms with Crippen molar-refractivity contribution in [2.24, 2.45) is 0 Å². The second-order valence-electron chi connectivity index (χ2n) is 7.60. The van der Waals surface area contributed by atoms with Crippen molar-refractivity contribution in [3.63, 3.8) is 0 Å². The number of rotatable bonds is 4. The lowest BCUT2D eigenvalue weighted by Gasteiger charge is -2.30. The summed E-state index contributed by atoms with van der Waals surface area (Å²) in [5, 5.41) is 12.4. The van der Waals surface area contributed by atoms with Gasteiger partial charge in [-0.3, -0.25) is 0 Å². The topological polar surface area (TPSA) is 65.4 Å². The number of carbonyl (C=O) groups excluding carboxylic acids is 1. The van der Waals surface area contributed by atoms with Crippen LogP contribution >= 0.6 is 0 Å². The number of fused-ring (bicyclic) bond motifs is 1. The zero-order valence-corrected chi connectivity index (χ0v) is 15.3. The average Bonchev–Trinajstić information content (AvgIpc) is 2.83. The molecule has 24 heavy (non-hydrogen) atoms. The summed E-state index contributed by atoms with van der Waals surface area (Å²) in [6.07, 6.45) is 0.575. The highest BCUT2D eigenvalue weighted by Gasteiger charge is 2.35. The van der Waals surface area contributed by atoms with Gasteiger partial charge in [-0.05, 0) is 51.8 Å². The van der Waals surface area contributed by atoms with Crippen molar-refractivity contribution < 1.29 is 9.53 Å². The van der Waals surface area contributed by atoms with Crippen LogP contribution in [0.25, 0.3) is 0 Å². The van der Waals surface area contributed by atoms with Gasteiger partial charge in [0.25, 0.3) is 0 Å². The summed E-state index contributed by atoms with van der Waals surface area (Å²) in [5.74, 6) is 0. The van der Waals surface area contributed by atoms with Gasteiger partial charge in [0.2, 0.25) is 0 Å². The van der Waals surface area contributed by atoms with Gasteiger partial charge >= 0.3 is 6.09 Å². The second-order valence-corrected chi connectivity index (χ2v) is 7.60. The molecule has 0 saturated heterocycles. The van der Waals surface area contributed by atoms with E-state index >= 15 is 0 Å².